The molecule has 0 saturated heterocycles. The van der Waals surface area contributed by atoms with E-state index in [2.05, 4.69) is 47.7 Å². The van der Waals surface area contributed by atoms with Crippen LogP contribution in [0.1, 0.15) is 30.5 Å². The van der Waals surface area contributed by atoms with Crippen LogP contribution in [0.5, 0.6) is 0 Å². The Balaban J connectivity index is 2.52. The van der Waals surface area contributed by atoms with Crippen molar-refractivity contribution in [3.8, 4) is 0 Å². The summed E-state index contributed by atoms with van der Waals surface area (Å²) in [7, 11) is -2.97. The second-order valence-corrected chi connectivity index (χ2v) is 8.14. The molecule has 0 amide bonds. The summed E-state index contributed by atoms with van der Waals surface area (Å²) in [6.45, 7) is 9.64. The zero-order valence-electron chi connectivity index (χ0n) is 14.6. The minimum atomic E-state index is -2.97. The van der Waals surface area contributed by atoms with E-state index in [-0.39, 0.29) is 18.1 Å². The van der Waals surface area contributed by atoms with E-state index in [1.165, 1.54) is 16.7 Å². The van der Waals surface area contributed by atoms with Gasteiger partial charge >= 0.3 is 0 Å². The van der Waals surface area contributed by atoms with Gasteiger partial charge in [0.15, 0.2) is 15.8 Å². The molecule has 0 saturated carbocycles. The van der Waals surface area contributed by atoms with Crippen LogP contribution < -0.4 is 10.6 Å². The molecule has 0 aliphatic heterocycles. The molecule has 0 aliphatic rings. The quantitative estimate of drug-likeness (QED) is 0.560. The number of rotatable bonds is 8. The molecule has 5 nitrogen and oxygen atoms in total. The van der Waals surface area contributed by atoms with Gasteiger partial charge in [-0.2, -0.15) is 0 Å². The maximum atomic E-state index is 11.5. The Kier molecular flexibility index (Phi) is 8.09. The Morgan fingerprint density at radius 3 is 2.30 bits per heavy atom. The summed E-state index contributed by atoms with van der Waals surface area (Å²) in [6.07, 6.45) is 0.903. The molecule has 0 unspecified atom stereocenters. The monoisotopic (exact) mass is 339 g/mol. The molecule has 0 aliphatic carbocycles. The SMILES string of the molecule is CCNC(=NCCS(=O)(=O)CC)NCCc1cc(C)cc(C)c1. The highest BCUT2D eigenvalue weighted by molar-refractivity contribution is 7.91. The predicted molar refractivity (Wildman–Crippen MR) is 97.9 cm³/mol. The molecular weight excluding hydrogens is 310 g/mol. The van der Waals surface area contributed by atoms with E-state index < -0.39 is 9.84 Å². The maximum Gasteiger partial charge on any atom is 0.191 e. The van der Waals surface area contributed by atoms with Crippen molar-refractivity contribution in [1.29, 1.82) is 0 Å². The maximum absolute atomic E-state index is 11.5. The van der Waals surface area contributed by atoms with E-state index in [1.54, 1.807) is 6.92 Å². The van der Waals surface area contributed by atoms with Crippen molar-refractivity contribution < 1.29 is 8.42 Å². The van der Waals surface area contributed by atoms with Gasteiger partial charge in [0.2, 0.25) is 0 Å². The molecule has 0 bridgehead atoms. The standard InChI is InChI=1S/C17H29N3O2S/c1-5-18-17(20-9-10-23(21,22)6-2)19-8-7-16-12-14(3)11-15(4)13-16/h11-13H,5-10H2,1-4H3,(H2,18,19,20). The van der Waals surface area contributed by atoms with Crippen molar-refractivity contribution in [2.45, 2.75) is 34.1 Å². The normalized spacial score (nSPS) is 12.3. The van der Waals surface area contributed by atoms with Crippen LogP contribution in [-0.2, 0) is 16.3 Å². The number of benzene rings is 1. The van der Waals surface area contributed by atoms with Crippen LogP contribution in [0, 0.1) is 13.8 Å². The second kappa shape index (κ2) is 9.55. The number of nitrogens with zero attached hydrogens (tertiary/aromatic N) is 1. The highest BCUT2D eigenvalue weighted by Gasteiger charge is 2.06. The number of aliphatic imine (C=N–C) groups is 1. The molecule has 0 spiro atoms. The van der Waals surface area contributed by atoms with Crippen molar-refractivity contribution in [3.63, 3.8) is 0 Å². The van der Waals surface area contributed by atoms with Crippen molar-refractivity contribution >= 4 is 15.8 Å². The summed E-state index contributed by atoms with van der Waals surface area (Å²) < 4.78 is 23.0. The first-order valence-electron chi connectivity index (χ1n) is 8.16. The Morgan fingerprint density at radius 1 is 1.09 bits per heavy atom. The third-order valence-electron chi connectivity index (χ3n) is 3.44. The van der Waals surface area contributed by atoms with Crippen molar-refractivity contribution in [1.82, 2.24) is 10.6 Å². The van der Waals surface area contributed by atoms with Crippen molar-refractivity contribution in [3.05, 3.63) is 34.9 Å². The first-order valence-corrected chi connectivity index (χ1v) is 9.98. The van der Waals surface area contributed by atoms with E-state index in [0.29, 0.717) is 5.96 Å². The molecule has 1 rings (SSSR count). The minimum Gasteiger partial charge on any atom is -0.357 e. The summed E-state index contributed by atoms with van der Waals surface area (Å²) in [5, 5.41) is 6.40. The lowest BCUT2D eigenvalue weighted by Crippen LogP contribution is -2.38. The van der Waals surface area contributed by atoms with Crippen LogP contribution in [0.25, 0.3) is 0 Å². The number of hydrogen-bond donors (Lipinski definition) is 2. The molecule has 130 valence electrons. The van der Waals surface area contributed by atoms with Crippen LogP contribution >= 0.6 is 0 Å². The Bertz CT molecular complexity index is 604. The molecule has 0 atom stereocenters. The Labute approximate surface area is 140 Å². The van der Waals surface area contributed by atoms with Gasteiger partial charge in [0, 0.05) is 18.8 Å². The van der Waals surface area contributed by atoms with E-state index >= 15 is 0 Å². The molecule has 6 heteroatoms. The Morgan fingerprint density at radius 2 is 1.74 bits per heavy atom. The lowest BCUT2D eigenvalue weighted by Gasteiger charge is -2.12. The average Bonchev–Trinajstić information content (AvgIpc) is 2.46. The predicted octanol–water partition coefficient (Wildman–Crippen LogP) is 1.84. The molecular formula is C17H29N3O2S. The van der Waals surface area contributed by atoms with Crippen LogP contribution in [0.15, 0.2) is 23.2 Å². The number of nitrogens with one attached hydrogen (secondary N) is 2. The summed E-state index contributed by atoms with van der Waals surface area (Å²) in [5.41, 5.74) is 3.83. The topological polar surface area (TPSA) is 70.6 Å². The van der Waals surface area contributed by atoms with Crippen molar-refractivity contribution in [2.75, 3.05) is 31.1 Å². The van der Waals surface area contributed by atoms with Crippen molar-refractivity contribution in [2.24, 2.45) is 4.99 Å². The number of hydrogen-bond acceptors (Lipinski definition) is 3. The van der Waals surface area contributed by atoms with Gasteiger partial charge in [-0.15, -0.1) is 0 Å². The third-order valence-corrected chi connectivity index (χ3v) is 5.13. The molecule has 0 heterocycles. The highest BCUT2D eigenvalue weighted by atomic mass is 32.2. The smallest absolute Gasteiger partial charge is 0.191 e. The van der Waals surface area contributed by atoms with Crippen LogP contribution in [-0.4, -0.2) is 45.5 Å². The molecule has 23 heavy (non-hydrogen) atoms. The zero-order chi connectivity index (χ0) is 17.3. The first-order chi connectivity index (χ1) is 10.9. The van der Waals surface area contributed by atoms with Gasteiger partial charge in [-0.1, -0.05) is 36.2 Å². The lowest BCUT2D eigenvalue weighted by atomic mass is 10.1. The third kappa shape index (κ3) is 8.02. The molecule has 0 radical (unpaired) electrons. The van der Waals surface area contributed by atoms with Crippen LogP contribution in [0.3, 0.4) is 0 Å². The highest BCUT2D eigenvalue weighted by Crippen LogP contribution is 2.08. The van der Waals surface area contributed by atoms with Crippen LogP contribution in [0.4, 0.5) is 0 Å². The first kappa shape index (κ1) is 19.5. The molecule has 0 aromatic heterocycles. The van der Waals surface area contributed by atoms with E-state index in [4.69, 9.17) is 0 Å². The number of sulfone groups is 1. The van der Waals surface area contributed by atoms with Gasteiger partial charge in [0.1, 0.15) is 0 Å². The molecule has 2 N–H and O–H groups in total. The fraction of sp³-hybridized carbons (Fsp3) is 0.588. The summed E-state index contributed by atoms with van der Waals surface area (Å²) in [4.78, 5) is 4.33. The van der Waals surface area contributed by atoms with E-state index in [0.717, 1.165) is 19.5 Å². The summed E-state index contributed by atoms with van der Waals surface area (Å²) in [5.74, 6) is 0.930. The second-order valence-electron chi connectivity index (χ2n) is 5.67. The van der Waals surface area contributed by atoms with Crippen LogP contribution in [0.2, 0.25) is 0 Å². The van der Waals surface area contributed by atoms with Gasteiger partial charge in [-0.05, 0) is 32.8 Å². The number of guanidine groups is 1. The summed E-state index contributed by atoms with van der Waals surface area (Å²) in [6, 6.07) is 6.54. The lowest BCUT2D eigenvalue weighted by molar-refractivity contribution is 0.597. The molecule has 1 aromatic rings. The van der Waals surface area contributed by atoms with Gasteiger partial charge in [-0.25, -0.2) is 8.42 Å². The summed E-state index contributed by atoms with van der Waals surface area (Å²) >= 11 is 0. The average molecular weight is 340 g/mol. The molecule has 1 aromatic carbocycles. The zero-order valence-corrected chi connectivity index (χ0v) is 15.5. The molecule has 0 fully saturated rings. The van der Waals surface area contributed by atoms with E-state index in [9.17, 15) is 8.42 Å². The minimum absolute atomic E-state index is 0.0944. The van der Waals surface area contributed by atoms with Gasteiger partial charge in [0.05, 0.1) is 12.3 Å². The fourth-order valence-corrected chi connectivity index (χ4v) is 2.98. The van der Waals surface area contributed by atoms with Gasteiger partial charge in [-0.3, -0.25) is 4.99 Å². The number of aryl methyl sites for hydroxylation is 2. The fourth-order valence-electron chi connectivity index (χ4n) is 2.32. The largest absolute Gasteiger partial charge is 0.357 e. The van der Waals surface area contributed by atoms with E-state index in [1.807, 2.05) is 6.92 Å². The van der Waals surface area contributed by atoms with Gasteiger partial charge < -0.3 is 10.6 Å². The van der Waals surface area contributed by atoms with Gasteiger partial charge in [0.25, 0.3) is 0 Å². The Hall–Kier alpha value is -1.56.